The molecule has 0 spiro atoms. The van der Waals surface area contributed by atoms with E-state index in [1.165, 1.54) is 4.90 Å². The third kappa shape index (κ3) is 6.31. The predicted octanol–water partition coefficient (Wildman–Crippen LogP) is -0.496. The maximum atomic E-state index is 9.66. The molecule has 0 radical (unpaired) electrons. The molecule has 0 amide bonds. The molecule has 1 aliphatic heterocycles. The van der Waals surface area contributed by atoms with Crippen LogP contribution in [0.3, 0.4) is 0 Å². The third-order valence-electron chi connectivity index (χ3n) is 3.63. The van der Waals surface area contributed by atoms with Crippen LogP contribution in [-0.2, 0) is 4.74 Å². The first-order valence-corrected chi connectivity index (χ1v) is 8.54. The zero-order valence-corrected chi connectivity index (χ0v) is 14.7. The van der Waals surface area contributed by atoms with Gasteiger partial charge in [-0.15, -0.1) is 0 Å². The number of rotatable bonds is 7. The van der Waals surface area contributed by atoms with Crippen LogP contribution < -0.4 is 20.4 Å². The van der Waals surface area contributed by atoms with Crippen molar-refractivity contribution in [1.82, 2.24) is 10.7 Å². The predicted molar refractivity (Wildman–Crippen MR) is 97.0 cm³/mol. The number of hydrogen-bond donors (Lipinski definition) is 4. The van der Waals surface area contributed by atoms with Gasteiger partial charge in [0.2, 0.25) is 0 Å². The first-order chi connectivity index (χ1) is 11.7. The molecule has 1 saturated heterocycles. The summed E-state index contributed by atoms with van der Waals surface area (Å²) in [5.74, 6) is 0.556. The molecular weight excluding hydrogens is 328 g/mol. The molecule has 8 heteroatoms. The SMILES string of the molecule is CCOc1cc(/C=N/NC(=S)NCC[NH+]2CCOCC2)ccc1O. The van der Waals surface area contributed by atoms with Gasteiger partial charge in [0, 0.05) is 0 Å². The summed E-state index contributed by atoms with van der Waals surface area (Å²) >= 11 is 5.19. The number of ether oxygens (including phenoxy) is 2. The Bertz CT molecular complexity index is 562. The second-order valence-electron chi connectivity index (χ2n) is 5.40. The second-order valence-corrected chi connectivity index (χ2v) is 5.81. The summed E-state index contributed by atoms with van der Waals surface area (Å²) in [6, 6.07) is 5.05. The third-order valence-corrected chi connectivity index (χ3v) is 3.86. The number of morpholine rings is 1. The van der Waals surface area contributed by atoms with Crippen molar-refractivity contribution < 1.29 is 19.5 Å². The Balaban J connectivity index is 1.70. The molecule has 0 saturated carbocycles. The minimum absolute atomic E-state index is 0.116. The Morgan fingerprint density at radius 1 is 1.46 bits per heavy atom. The topological polar surface area (TPSA) is 79.5 Å². The van der Waals surface area contributed by atoms with E-state index in [2.05, 4.69) is 15.8 Å². The second kappa shape index (κ2) is 10.1. The number of phenolic OH excluding ortho intramolecular Hbond substituents is 1. The number of nitrogens with one attached hydrogen (secondary N) is 3. The Kier molecular flexibility index (Phi) is 7.73. The molecule has 1 aromatic rings. The molecule has 0 atom stereocenters. The first-order valence-electron chi connectivity index (χ1n) is 8.13. The molecular formula is C16H25N4O3S+. The van der Waals surface area contributed by atoms with Gasteiger partial charge in [-0.3, -0.25) is 5.43 Å². The number of phenols is 1. The van der Waals surface area contributed by atoms with Crippen molar-refractivity contribution in [2.45, 2.75) is 6.92 Å². The van der Waals surface area contributed by atoms with Crippen LogP contribution in [0.25, 0.3) is 0 Å². The van der Waals surface area contributed by atoms with Gasteiger partial charge in [0.05, 0.1) is 39.1 Å². The van der Waals surface area contributed by atoms with Crippen LogP contribution in [0.1, 0.15) is 12.5 Å². The number of nitrogens with zero attached hydrogens (tertiary/aromatic N) is 1. The van der Waals surface area contributed by atoms with Gasteiger partial charge < -0.3 is 24.8 Å². The summed E-state index contributed by atoms with van der Waals surface area (Å²) in [5, 5.41) is 17.4. The average Bonchev–Trinajstić information content (AvgIpc) is 2.59. The van der Waals surface area contributed by atoms with Crippen molar-refractivity contribution in [2.24, 2.45) is 5.10 Å². The van der Waals surface area contributed by atoms with E-state index in [0.29, 0.717) is 17.5 Å². The van der Waals surface area contributed by atoms with Crippen molar-refractivity contribution in [3.63, 3.8) is 0 Å². The molecule has 2 rings (SSSR count). The molecule has 0 bridgehead atoms. The lowest BCUT2D eigenvalue weighted by Gasteiger charge is -2.23. The fourth-order valence-electron chi connectivity index (χ4n) is 2.35. The molecule has 4 N–H and O–H groups in total. The largest absolute Gasteiger partial charge is 0.504 e. The van der Waals surface area contributed by atoms with E-state index in [-0.39, 0.29) is 5.75 Å². The van der Waals surface area contributed by atoms with Crippen LogP contribution in [0.2, 0.25) is 0 Å². The van der Waals surface area contributed by atoms with Crippen LogP contribution in [0.5, 0.6) is 11.5 Å². The van der Waals surface area contributed by atoms with Crippen molar-refractivity contribution in [3.8, 4) is 11.5 Å². The Morgan fingerprint density at radius 3 is 3.00 bits per heavy atom. The van der Waals surface area contributed by atoms with E-state index in [1.807, 2.05) is 6.92 Å². The fourth-order valence-corrected chi connectivity index (χ4v) is 2.50. The smallest absolute Gasteiger partial charge is 0.187 e. The summed E-state index contributed by atoms with van der Waals surface area (Å²) in [6.07, 6.45) is 1.63. The van der Waals surface area contributed by atoms with Crippen LogP contribution in [-0.4, -0.2) is 62.4 Å². The minimum atomic E-state index is 0.116. The van der Waals surface area contributed by atoms with Crippen LogP contribution in [0.15, 0.2) is 23.3 Å². The van der Waals surface area contributed by atoms with Gasteiger partial charge in [-0.25, -0.2) is 0 Å². The summed E-state index contributed by atoms with van der Waals surface area (Å²) < 4.78 is 10.7. The number of quaternary nitrogens is 1. The zero-order valence-electron chi connectivity index (χ0n) is 13.9. The highest BCUT2D eigenvalue weighted by molar-refractivity contribution is 7.80. The Labute approximate surface area is 147 Å². The van der Waals surface area contributed by atoms with E-state index >= 15 is 0 Å². The molecule has 24 heavy (non-hydrogen) atoms. The van der Waals surface area contributed by atoms with Gasteiger partial charge in [-0.2, -0.15) is 5.10 Å². The summed E-state index contributed by atoms with van der Waals surface area (Å²) in [4.78, 5) is 1.52. The van der Waals surface area contributed by atoms with Gasteiger partial charge in [-0.1, -0.05) is 0 Å². The Hall–Kier alpha value is -1.90. The van der Waals surface area contributed by atoms with E-state index in [0.717, 1.165) is 45.0 Å². The van der Waals surface area contributed by atoms with Crippen molar-refractivity contribution in [3.05, 3.63) is 23.8 Å². The highest BCUT2D eigenvalue weighted by Gasteiger charge is 2.12. The first kappa shape index (κ1) is 18.4. The van der Waals surface area contributed by atoms with Crippen LogP contribution >= 0.6 is 12.2 Å². The molecule has 7 nitrogen and oxygen atoms in total. The normalized spacial score (nSPS) is 15.4. The summed E-state index contributed by atoms with van der Waals surface area (Å²) in [6.45, 7) is 7.91. The van der Waals surface area contributed by atoms with Crippen molar-refractivity contribution in [1.29, 1.82) is 0 Å². The van der Waals surface area contributed by atoms with Crippen LogP contribution in [0.4, 0.5) is 0 Å². The van der Waals surface area contributed by atoms with Gasteiger partial charge in [-0.05, 0) is 42.9 Å². The monoisotopic (exact) mass is 353 g/mol. The minimum Gasteiger partial charge on any atom is -0.504 e. The number of hydrazone groups is 1. The van der Waals surface area contributed by atoms with Gasteiger partial charge in [0.1, 0.15) is 13.1 Å². The number of benzene rings is 1. The molecule has 1 fully saturated rings. The van der Waals surface area contributed by atoms with Crippen LogP contribution in [0, 0.1) is 0 Å². The van der Waals surface area contributed by atoms with Gasteiger partial charge in [0.15, 0.2) is 16.6 Å². The number of aromatic hydroxyl groups is 1. The molecule has 1 heterocycles. The van der Waals surface area contributed by atoms with E-state index in [9.17, 15) is 5.11 Å². The van der Waals surface area contributed by atoms with E-state index < -0.39 is 0 Å². The number of thiocarbonyl (C=S) groups is 1. The quantitative estimate of drug-likeness (QED) is 0.301. The highest BCUT2D eigenvalue weighted by Crippen LogP contribution is 2.26. The maximum absolute atomic E-state index is 9.66. The summed E-state index contributed by atoms with van der Waals surface area (Å²) in [5.41, 5.74) is 3.60. The summed E-state index contributed by atoms with van der Waals surface area (Å²) in [7, 11) is 0. The average molecular weight is 353 g/mol. The Morgan fingerprint density at radius 2 is 2.25 bits per heavy atom. The molecule has 132 valence electrons. The van der Waals surface area contributed by atoms with Gasteiger partial charge >= 0.3 is 0 Å². The molecule has 0 unspecified atom stereocenters. The molecule has 0 aliphatic carbocycles. The molecule has 0 aromatic heterocycles. The maximum Gasteiger partial charge on any atom is 0.187 e. The van der Waals surface area contributed by atoms with E-state index in [4.69, 9.17) is 21.7 Å². The lowest BCUT2D eigenvalue weighted by Crippen LogP contribution is -3.14. The van der Waals surface area contributed by atoms with Crippen molar-refractivity contribution in [2.75, 3.05) is 46.0 Å². The zero-order chi connectivity index (χ0) is 17.2. The fraction of sp³-hybridized carbons (Fsp3) is 0.500. The number of hydrogen-bond acceptors (Lipinski definition) is 5. The van der Waals surface area contributed by atoms with E-state index in [1.54, 1.807) is 24.4 Å². The molecule has 1 aromatic carbocycles. The van der Waals surface area contributed by atoms with Crippen molar-refractivity contribution >= 4 is 23.5 Å². The molecule has 1 aliphatic rings. The standard InChI is InChI=1S/C16H24N4O3S/c1-2-23-15-11-13(3-4-14(15)21)12-18-19-16(24)17-5-6-20-7-9-22-10-8-20/h3-4,11-12,21H,2,5-10H2,1H3,(H2,17,19,24)/p+1/b18-12+. The van der Waals surface area contributed by atoms with Gasteiger partial charge in [0.25, 0.3) is 0 Å². The lowest BCUT2D eigenvalue weighted by molar-refractivity contribution is -0.906. The highest BCUT2D eigenvalue weighted by atomic mass is 32.1. The lowest BCUT2D eigenvalue weighted by atomic mass is 10.2.